The van der Waals surface area contributed by atoms with Crippen molar-refractivity contribution in [3.8, 4) is 11.5 Å². The summed E-state index contributed by atoms with van der Waals surface area (Å²) < 4.78 is 104. The zero-order valence-corrected chi connectivity index (χ0v) is 21.9. The van der Waals surface area contributed by atoms with Crippen molar-refractivity contribution in [2.24, 2.45) is 0 Å². The largest absolute Gasteiger partial charge is 0.573 e. The molecule has 14 heteroatoms. The van der Waals surface area contributed by atoms with E-state index in [9.17, 15) is 34.8 Å². The maximum absolute atomic E-state index is 12.1. The van der Waals surface area contributed by atoms with Crippen molar-refractivity contribution >= 4 is 21.6 Å². The van der Waals surface area contributed by atoms with Crippen molar-refractivity contribution in [2.75, 3.05) is 0 Å². The summed E-state index contributed by atoms with van der Waals surface area (Å²) in [6.07, 6.45) is -3.12. The molecule has 42 heavy (non-hydrogen) atoms. The molecule has 0 saturated heterocycles. The lowest BCUT2D eigenvalue weighted by Crippen LogP contribution is -2.17. The molecule has 2 aromatic carbocycles. The Hall–Kier alpha value is -3.78. The number of nitrogens with zero attached hydrogens (tertiary/aromatic N) is 2. The molecule has 0 aliphatic rings. The summed E-state index contributed by atoms with van der Waals surface area (Å²) in [6.45, 7) is 0. The van der Waals surface area contributed by atoms with E-state index in [2.05, 4.69) is 19.4 Å². The number of hydrogen-bond donors (Lipinski definition) is 0. The lowest BCUT2D eigenvalue weighted by atomic mass is 10.3. The smallest absolute Gasteiger partial charge is 0.406 e. The number of pyridine rings is 2. The van der Waals surface area contributed by atoms with Gasteiger partial charge in [-0.1, -0.05) is 14.9 Å². The first-order chi connectivity index (χ1) is 18.8. The van der Waals surface area contributed by atoms with E-state index in [1.807, 2.05) is 12.1 Å². The van der Waals surface area contributed by atoms with Gasteiger partial charge in [0.25, 0.3) is 0 Å². The van der Waals surface area contributed by atoms with Crippen molar-refractivity contribution < 1.29 is 44.2 Å². The Morgan fingerprint density at radius 2 is 1.02 bits per heavy atom. The van der Waals surface area contributed by atoms with Crippen LogP contribution in [0.1, 0.15) is 26.0 Å². The number of ether oxygens (including phenoxy) is 2. The van der Waals surface area contributed by atoms with Gasteiger partial charge in [-0.2, -0.15) is 0 Å². The molecular weight excluding hydrogens is 606 g/mol. The van der Waals surface area contributed by atoms with E-state index in [4.69, 9.17) is 0 Å². The molecule has 4 rings (SSSR count). The van der Waals surface area contributed by atoms with Gasteiger partial charge < -0.3 is 9.47 Å². The molecule has 0 radical (unpaired) electrons. The van der Waals surface area contributed by atoms with Crippen LogP contribution in [0.3, 0.4) is 0 Å². The van der Waals surface area contributed by atoms with Crippen LogP contribution in [0.2, 0.25) is 0 Å². The van der Waals surface area contributed by atoms with Crippen molar-refractivity contribution in [3.63, 3.8) is 0 Å². The molecule has 0 fully saturated rings. The normalized spacial score (nSPS) is 11.2. The van der Waals surface area contributed by atoms with Crippen molar-refractivity contribution in [3.05, 3.63) is 109 Å². The predicted molar refractivity (Wildman–Crippen MR) is 149 cm³/mol. The van der Waals surface area contributed by atoms with Gasteiger partial charge in [-0.3, -0.25) is 9.97 Å². The first kappa shape index (κ1) is 36.2. The standard InChI is InChI=1S/C13H10F3NO3S.C13H10F3NOS.2CH4/c14-13(15,16)20-11-1-3-12(4-2-11)21(18,19)9-10-5-7-17-8-6-10;14-13(15,16)18-11-1-3-12(4-2-11)19-9-10-5-7-17-8-6-10;;/h1-8H,9H2;1-8H,9H2;2*1H4. The monoisotopic (exact) mass is 634 g/mol. The number of thioether (sulfide) groups is 1. The van der Waals surface area contributed by atoms with Crippen molar-refractivity contribution in [2.45, 2.75) is 48.9 Å². The van der Waals surface area contributed by atoms with Gasteiger partial charge in [0.1, 0.15) is 11.5 Å². The Morgan fingerprint density at radius 1 is 0.619 bits per heavy atom. The Balaban J connectivity index is 0.000000403. The third kappa shape index (κ3) is 13.3. The van der Waals surface area contributed by atoms with Crippen molar-refractivity contribution in [1.82, 2.24) is 9.97 Å². The lowest BCUT2D eigenvalue weighted by Gasteiger charge is -2.09. The molecular formula is C28H28F6N2O4S2. The fourth-order valence-electron chi connectivity index (χ4n) is 3.01. The van der Waals surface area contributed by atoms with Crippen molar-refractivity contribution in [1.29, 1.82) is 0 Å². The molecule has 0 saturated carbocycles. The molecule has 0 unspecified atom stereocenters. The Bertz CT molecular complexity index is 1440. The summed E-state index contributed by atoms with van der Waals surface area (Å²) in [5.74, 6) is -0.192. The Kier molecular flexibility index (Phi) is 13.8. The minimum absolute atomic E-state index is 0. The molecule has 0 aliphatic carbocycles. The van der Waals surface area contributed by atoms with Crippen LogP contribution in [0.4, 0.5) is 26.3 Å². The van der Waals surface area contributed by atoms with Gasteiger partial charge in [-0.15, -0.1) is 38.1 Å². The highest BCUT2D eigenvalue weighted by Crippen LogP contribution is 2.28. The highest BCUT2D eigenvalue weighted by atomic mass is 32.2. The highest BCUT2D eigenvalue weighted by Gasteiger charge is 2.31. The third-order valence-electron chi connectivity index (χ3n) is 4.73. The van der Waals surface area contributed by atoms with Crippen LogP contribution < -0.4 is 9.47 Å². The van der Waals surface area contributed by atoms with Gasteiger partial charge in [0.05, 0.1) is 10.6 Å². The summed E-state index contributed by atoms with van der Waals surface area (Å²) in [7, 11) is -3.64. The van der Waals surface area contributed by atoms with Gasteiger partial charge in [0.15, 0.2) is 9.84 Å². The lowest BCUT2D eigenvalue weighted by molar-refractivity contribution is -0.275. The van der Waals surface area contributed by atoms with Crippen LogP contribution in [0, 0.1) is 0 Å². The van der Waals surface area contributed by atoms with E-state index in [-0.39, 0.29) is 31.3 Å². The van der Waals surface area contributed by atoms with Gasteiger partial charge in [0, 0.05) is 35.4 Å². The molecule has 0 bridgehead atoms. The molecule has 4 aromatic rings. The Morgan fingerprint density at radius 3 is 1.45 bits per heavy atom. The number of sulfone groups is 1. The molecule has 0 spiro atoms. The SMILES string of the molecule is C.C.FC(F)(F)Oc1ccc(SCc2ccncc2)cc1.O=S(=O)(Cc1ccncc1)c1ccc(OC(F)(F)F)cc1. The quantitative estimate of drug-likeness (QED) is 0.142. The van der Waals surface area contributed by atoms with Crippen LogP contribution in [0.5, 0.6) is 11.5 Å². The fraction of sp³-hybridized carbons (Fsp3) is 0.214. The number of rotatable bonds is 8. The van der Waals surface area contributed by atoms with E-state index in [0.717, 1.165) is 40.5 Å². The second kappa shape index (κ2) is 16.0. The second-order valence-corrected chi connectivity index (χ2v) is 10.8. The topological polar surface area (TPSA) is 78.4 Å². The first-order valence-electron chi connectivity index (χ1n) is 11.1. The van der Waals surface area contributed by atoms with Crippen LogP contribution in [-0.2, 0) is 21.3 Å². The van der Waals surface area contributed by atoms with Gasteiger partial charge in [-0.05, 0) is 83.9 Å². The fourth-order valence-corrected chi connectivity index (χ4v) is 5.22. The molecule has 2 heterocycles. The minimum Gasteiger partial charge on any atom is -0.406 e. The summed E-state index contributed by atoms with van der Waals surface area (Å²) >= 11 is 1.54. The van der Waals surface area contributed by atoms with E-state index in [0.29, 0.717) is 5.56 Å². The molecule has 0 N–H and O–H groups in total. The van der Waals surface area contributed by atoms with Crippen LogP contribution in [-0.4, -0.2) is 31.1 Å². The zero-order valence-electron chi connectivity index (χ0n) is 20.3. The molecule has 6 nitrogen and oxygen atoms in total. The zero-order chi connectivity index (χ0) is 29.2. The van der Waals surface area contributed by atoms with Gasteiger partial charge in [-0.25, -0.2) is 8.42 Å². The maximum Gasteiger partial charge on any atom is 0.573 e. The van der Waals surface area contributed by atoms with Gasteiger partial charge in [0.2, 0.25) is 0 Å². The maximum atomic E-state index is 12.1. The first-order valence-corrected chi connectivity index (χ1v) is 13.8. The van der Waals surface area contributed by atoms with Crippen LogP contribution in [0.15, 0.2) is 107 Å². The number of alkyl halides is 6. The van der Waals surface area contributed by atoms with Crippen LogP contribution >= 0.6 is 11.8 Å². The summed E-state index contributed by atoms with van der Waals surface area (Å²) in [4.78, 5) is 8.50. The molecule has 2 aromatic heterocycles. The number of hydrogen-bond acceptors (Lipinski definition) is 7. The summed E-state index contributed by atoms with van der Waals surface area (Å²) in [5.41, 5.74) is 1.65. The average molecular weight is 635 g/mol. The third-order valence-corrected chi connectivity index (χ3v) is 7.52. The van der Waals surface area contributed by atoms with E-state index >= 15 is 0 Å². The summed E-state index contributed by atoms with van der Waals surface area (Å²) in [5, 5.41) is 0. The average Bonchev–Trinajstić information content (AvgIpc) is 2.88. The Labute approximate surface area is 244 Å². The highest BCUT2D eigenvalue weighted by molar-refractivity contribution is 7.98. The number of halogens is 6. The second-order valence-electron chi connectivity index (χ2n) is 7.80. The molecule has 0 atom stereocenters. The van der Waals surface area contributed by atoms with Gasteiger partial charge >= 0.3 is 12.7 Å². The number of aromatic nitrogens is 2. The predicted octanol–water partition coefficient (Wildman–Crippen LogP) is 8.50. The molecule has 0 amide bonds. The van der Waals surface area contributed by atoms with Crippen LogP contribution in [0.25, 0.3) is 0 Å². The number of benzene rings is 2. The minimum atomic E-state index is -4.81. The summed E-state index contributed by atoms with van der Waals surface area (Å²) in [6, 6.07) is 16.8. The van der Waals surface area contributed by atoms with E-state index < -0.39 is 28.3 Å². The van der Waals surface area contributed by atoms with E-state index in [1.54, 1.807) is 36.7 Å². The molecule has 228 valence electrons. The van der Waals surface area contributed by atoms with E-state index in [1.165, 1.54) is 36.3 Å². The molecule has 0 aliphatic heterocycles.